The summed E-state index contributed by atoms with van der Waals surface area (Å²) in [6.07, 6.45) is 5.37. The Labute approximate surface area is 100 Å². The molecule has 0 radical (unpaired) electrons. The second-order valence-corrected chi connectivity index (χ2v) is 6.74. The Hall–Kier alpha value is -0.0800. The van der Waals surface area contributed by atoms with Crippen molar-refractivity contribution in [2.24, 2.45) is 11.3 Å². The van der Waals surface area contributed by atoms with Gasteiger partial charge in [0.1, 0.15) is 0 Å². The van der Waals surface area contributed by atoms with Crippen molar-refractivity contribution < 1.29 is 9.84 Å². The van der Waals surface area contributed by atoms with Crippen LogP contribution in [0.2, 0.25) is 0 Å². The third kappa shape index (κ3) is 4.06. The first-order valence-corrected chi connectivity index (χ1v) is 6.54. The van der Waals surface area contributed by atoms with Crippen molar-refractivity contribution in [2.45, 2.75) is 72.0 Å². The summed E-state index contributed by atoms with van der Waals surface area (Å²) in [5, 5.41) is 9.20. The van der Waals surface area contributed by atoms with Crippen molar-refractivity contribution in [3.05, 3.63) is 0 Å². The van der Waals surface area contributed by atoms with Crippen LogP contribution < -0.4 is 0 Å². The third-order valence-electron chi connectivity index (χ3n) is 3.93. The summed E-state index contributed by atoms with van der Waals surface area (Å²) in [5.74, 6) is 0.666. The first-order chi connectivity index (χ1) is 7.26. The number of hydrogen-bond donors (Lipinski definition) is 1. The van der Waals surface area contributed by atoms with Gasteiger partial charge in [-0.05, 0) is 57.8 Å². The zero-order chi connectivity index (χ0) is 12.4. The van der Waals surface area contributed by atoms with Crippen LogP contribution in [0, 0.1) is 11.3 Å². The number of aliphatic hydroxyl groups is 1. The molecule has 1 rings (SSSR count). The molecule has 0 aromatic rings. The van der Waals surface area contributed by atoms with E-state index in [1.165, 1.54) is 25.7 Å². The third-order valence-corrected chi connectivity index (χ3v) is 3.93. The summed E-state index contributed by atoms with van der Waals surface area (Å²) in [5.41, 5.74) is 0.120. The molecule has 0 aromatic heterocycles. The minimum atomic E-state index is -0.396. The molecule has 1 fully saturated rings. The van der Waals surface area contributed by atoms with Crippen molar-refractivity contribution >= 4 is 0 Å². The molecule has 0 saturated heterocycles. The fraction of sp³-hybridized carbons (Fsp3) is 1.00. The molecule has 1 unspecified atom stereocenters. The van der Waals surface area contributed by atoms with Gasteiger partial charge in [0.2, 0.25) is 0 Å². The van der Waals surface area contributed by atoms with Crippen LogP contribution in [0.15, 0.2) is 0 Å². The number of hydrogen-bond acceptors (Lipinski definition) is 2. The average molecular weight is 228 g/mol. The lowest BCUT2D eigenvalue weighted by molar-refractivity contribution is -0.117. The Morgan fingerprint density at radius 3 is 2.25 bits per heavy atom. The highest BCUT2D eigenvalue weighted by atomic mass is 16.5. The second-order valence-electron chi connectivity index (χ2n) is 6.74. The molecule has 16 heavy (non-hydrogen) atoms. The van der Waals surface area contributed by atoms with Crippen molar-refractivity contribution in [1.82, 2.24) is 0 Å². The maximum atomic E-state index is 9.20. The standard InChI is InChI=1S/C14H28O2/c1-11(16-14(4,5)10-15)12-6-8-13(2,3)9-7-12/h11-12,15H,6-10H2,1-5H3. The lowest BCUT2D eigenvalue weighted by Gasteiger charge is -2.39. The van der Waals surface area contributed by atoms with E-state index in [0.29, 0.717) is 11.3 Å². The molecule has 1 atom stereocenters. The quantitative estimate of drug-likeness (QED) is 0.799. The summed E-state index contributed by atoms with van der Waals surface area (Å²) in [7, 11) is 0. The van der Waals surface area contributed by atoms with Crippen LogP contribution in [0.25, 0.3) is 0 Å². The van der Waals surface area contributed by atoms with Gasteiger partial charge in [-0.1, -0.05) is 13.8 Å². The molecule has 0 heterocycles. The van der Waals surface area contributed by atoms with Gasteiger partial charge >= 0.3 is 0 Å². The molecule has 1 aliphatic rings. The Morgan fingerprint density at radius 1 is 1.31 bits per heavy atom. The highest BCUT2D eigenvalue weighted by Gasteiger charge is 2.32. The van der Waals surface area contributed by atoms with Crippen LogP contribution in [0.4, 0.5) is 0 Å². The zero-order valence-corrected chi connectivity index (χ0v) is 11.5. The summed E-state index contributed by atoms with van der Waals surface area (Å²) < 4.78 is 5.94. The predicted molar refractivity (Wildman–Crippen MR) is 67.5 cm³/mol. The molecule has 0 amide bonds. The van der Waals surface area contributed by atoms with E-state index in [1.807, 2.05) is 13.8 Å². The summed E-state index contributed by atoms with van der Waals surface area (Å²) in [6, 6.07) is 0. The van der Waals surface area contributed by atoms with Crippen molar-refractivity contribution in [3.63, 3.8) is 0 Å². The summed E-state index contributed by atoms with van der Waals surface area (Å²) >= 11 is 0. The Bertz CT molecular complexity index is 211. The molecular formula is C14H28O2. The molecule has 0 aliphatic heterocycles. The predicted octanol–water partition coefficient (Wildman–Crippen LogP) is 3.38. The van der Waals surface area contributed by atoms with E-state index >= 15 is 0 Å². The fourth-order valence-electron chi connectivity index (χ4n) is 2.53. The van der Waals surface area contributed by atoms with Crippen LogP contribution >= 0.6 is 0 Å². The van der Waals surface area contributed by atoms with E-state index in [0.717, 1.165) is 0 Å². The smallest absolute Gasteiger partial charge is 0.0859 e. The molecule has 0 spiro atoms. The van der Waals surface area contributed by atoms with E-state index < -0.39 is 5.60 Å². The lowest BCUT2D eigenvalue weighted by Crippen LogP contribution is -2.38. The monoisotopic (exact) mass is 228 g/mol. The van der Waals surface area contributed by atoms with Crippen molar-refractivity contribution in [3.8, 4) is 0 Å². The van der Waals surface area contributed by atoms with Gasteiger partial charge in [0.25, 0.3) is 0 Å². The summed E-state index contributed by atoms with van der Waals surface area (Å²) in [4.78, 5) is 0. The fourth-order valence-corrected chi connectivity index (χ4v) is 2.53. The molecule has 0 bridgehead atoms. The van der Waals surface area contributed by atoms with Gasteiger partial charge in [0.05, 0.1) is 18.3 Å². The van der Waals surface area contributed by atoms with Gasteiger partial charge in [-0.2, -0.15) is 0 Å². The Balaban J connectivity index is 2.42. The minimum absolute atomic E-state index is 0.0928. The maximum Gasteiger partial charge on any atom is 0.0859 e. The highest BCUT2D eigenvalue weighted by molar-refractivity contribution is 4.82. The molecule has 1 aliphatic carbocycles. The Kier molecular flexibility index (Phi) is 4.42. The van der Waals surface area contributed by atoms with Gasteiger partial charge < -0.3 is 9.84 Å². The minimum Gasteiger partial charge on any atom is -0.393 e. The van der Waals surface area contributed by atoms with Crippen LogP contribution in [-0.2, 0) is 4.74 Å². The molecular weight excluding hydrogens is 200 g/mol. The van der Waals surface area contributed by atoms with Crippen molar-refractivity contribution in [2.75, 3.05) is 6.61 Å². The molecule has 2 nitrogen and oxygen atoms in total. The number of rotatable bonds is 4. The first-order valence-electron chi connectivity index (χ1n) is 6.54. The average Bonchev–Trinajstić information content (AvgIpc) is 2.16. The topological polar surface area (TPSA) is 29.5 Å². The molecule has 1 saturated carbocycles. The number of aliphatic hydroxyl groups excluding tert-OH is 1. The molecule has 2 heteroatoms. The largest absolute Gasteiger partial charge is 0.393 e. The lowest BCUT2D eigenvalue weighted by atomic mass is 9.72. The summed E-state index contributed by atoms with van der Waals surface area (Å²) in [6.45, 7) is 10.9. The SMILES string of the molecule is CC(OC(C)(C)CO)C1CCC(C)(C)CC1. The van der Waals surface area contributed by atoms with E-state index in [4.69, 9.17) is 4.74 Å². The maximum absolute atomic E-state index is 9.20. The molecule has 0 aromatic carbocycles. The Morgan fingerprint density at radius 2 is 1.81 bits per heavy atom. The van der Waals surface area contributed by atoms with Crippen molar-refractivity contribution in [1.29, 1.82) is 0 Å². The van der Waals surface area contributed by atoms with Crippen LogP contribution in [-0.4, -0.2) is 23.4 Å². The van der Waals surface area contributed by atoms with E-state index in [9.17, 15) is 5.11 Å². The number of ether oxygens (including phenoxy) is 1. The van der Waals surface area contributed by atoms with Crippen LogP contribution in [0.3, 0.4) is 0 Å². The van der Waals surface area contributed by atoms with Gasteiger partial charge in [-0.15, -0.1) is 0 Å². The second kappa shape index (κ2) is 5.05. The molecule has 1 N–H and O–H groups in total. The van der Waals surface area contributed by atoms with E-state index in [-0.39, 0.29) is 12.7 Å². The zero-order valence-electron chi connectivity index (χ0n) is 11.5. The highest BCUT2D eigenvalue weighted by Crippen LogP contribution is 2.40. The van der Waals surface area contributed by atoms with Gasteiger partial charge in [-0.25, -0.2) is 0 Å². The molecule has 96 valence electrons. The van der Waals surface area contributed by atoms with Gasteiger partial charge in [0.15, 0.2) is 0 Å². The normalized spacial score (nSPS) is 24.4. The van der Waals surface area contributed by atoms with Gasteiger partial charge in [-0.3, -0.25) is 0 Å². The van der Waals surface area contributed by atoms with E-state index in [1.54, 1.807) is 0 Å². The first kappa shape index (κ1) is 14.0. The van der Waals surface area contributed by atoms with Crippen LogP contribution in [0.1, 0.15) is 60.3 Å². The van der Waals surface area contributed by atoms with Crippen LogP contribution in [0.5, 0.6) is 0 Å². The van der Waals surface area contributed by atoms with Gasteiger partial charge in [0, 0.05) is 0 Å². The van der Waals surface area contributed by atoms with E-state index in [2.05, 4.69) is 20.8 Å².